The molecular formula is C16H36N2. The second-order valence-corrected chi connectivity index (χ2v) is 5.71. The summed E-state index contributed by atoms with van der Waals surface area (Å²) < 4.78 is 0. The van der Waals surface area contributed by atoms with Gasteiger partial charge in [-0.1, -0.05) is 65.7 Å². The van der Waals surface area contributed by atoms with Crippen LogP contribution >= 0.6 is 0 Å². The van der Waals surface area contributed by atoms with Crippen molar-refractivity contribution in [2.75, 3.05) is 26.2 Å². The Morgan fingerprint density at radius 1 is 0.889 bits per heavy atom. The summed E-state index contributed by atoms with van der Waals surface area (Å²) in [5.41, 5.74) is 5.68. The molecule has 2 nitrogen and oxygen atoms in total. The minimum absolute atomic E-state index is 0.638. The molecule has 0 saturated carbocycles. The van der Waals surface area contributed by atoms with Gasteiger partial charge in [0, 0.05) is 6.54 Å². The predicted molar refractivity (Wildman–Crippen MR) is 82.9 cm³/mol. The lowest BCUT2D eigenvalue weighted by Gasteiger charge is -2.23. The summed E-state index contributed by atoms with van der Waals surface area (Å²) in [6, 6.07) is 0. The Balaban J connectivity index is 3.34. The van der Waals surface area contributed by atoms with Crippen molar-refractivity contribution in [2.45, 2.75) is 72.1 Å². The van der Waals surface area contributed by atoms with Gasteiger partial charge in [0.2, 0.25) is 0 Å². The molecule has 1 atom stereocenters. The van der Waals surface area contributed by atoms with Crippen molar-refractivity contribution in [2.24, 2.45) is 11.7 Å². The molecule has 0 radical (unpaired) electrons. The van der Waals surface area contributed by atoms with Crippen LogP contribution in [-0.2, 0) is 0 Å². The molecule has 2 heteroatoms. The zero-order valence-corrected chi connectivity index (χ0v) is 13.1. The molecule has 110 valence electrons. The predicted octanol–water partition coefficient (Wildman–Crippen LogP) is 4.04. The first-order chi connectivity index (χ1) is 8.74. The quantitative estimate of drug-likeness (QED) is 0.504. The molecule has 0 spiro atoms. The summed E-state index contributed by atoms with van der Waals surface area (Å²) in [5.74, 6) is 0.638. The standard InChI is InChI=1S/C16H36N2/c1-4-6-7-8-9-10-11-12-13-18(5-2)15-16(3)14-17/h16H,4-15,17H2,1-3H3. The summed E-state index contributed by atoms with van der Waals surface area (Å²) >= 11 is 0. The van der Waals surface area contributed by atoms with Crippen molar-refractivity contribution < 1.29 is 0 Å². The van der Waals surface area contributed by atoms with Gasteiger partial charge in [-0.05, 0) is 32.0 Å². The van der Waals surface area contributed by atoms with Crippen LogP contribution in [-0.4, -0.2) is 31.1 Å². The highest BCUT2D eigenvalue weighted by molar-refractivity contribution is 4.62. The molecule has 0 heterocycles. The number of hydrogen-bond acceptors (Lipinski definition) is 2. The second-order valence-electron chi connectivity index (χ2n) is 5.71. The molecule has 2 N–H and O–H groups in total. The minimum atomic E-state index is 0.638. The Bertz CT molecular complexity index is 159. The average molecular weight is 256 g/mol. The van der Waals surface area contributed by atoms with E-state index in [4.69, 9.17) is 5.73 Å². The second kappa shape index (κ2) is 13.4. The third-order valence-corrected chi connectivity index (χ3v) is 3.75. The first-order valence-corrected chi connectivity index (χ1v) is 8.16. The minimum Gasteiger partial charge on any atom is -0.330 e. The van der Waals surface area contributed by atoms with Crippen LogP contribution < -0.4 is 5.73 Å². The van der Waals surface area contributed by atoms with Gasteiger partial charge in [0.15, 0.2) is 0 Å². The molecule has 0 aromatic heterocycles. The first-order valence-electron chi connectivity index (χ1n) is 8.16. The van der Waals surface area contributed by atoms with Crippen LogP contribution in [0.4, 0.5) is 0 Å². The Kier molecular flexibility index (Phi) is 13.3. The highest BCUT2D eigenvalue weighted by Gasteiger charge is 2.06. The van der Waals surface area contributed by atoms with Crippen molar-refractivity contribution in [3.63, 3.8) is 0 Å². The van der Waals surface area contributed by atoms with Crippen LogP contribution in [0.5, 0.6) is 0 Å². The number of unbranched alkanes of at least 4 members (excludes halogenated alkanes) is 7. The van der Waals surface area contributed by atoms with E-state index in [1.165, 1.54) is 71.0 Å². The molecule has 1 unspecified atom stereocenters. The molecule has 0 aliphatic rings. The van der Waals surface area contributed by atoms with Crippen LogP contribution in [0.15, 0.2) is 0 Å². The van der Waals surface area contributed by atoms with E-state index in [1.807, 2.05) is 0 Å². The molecule has 0 rings (SSSR count). The van der Waals surface area contributed by atoms with Gasteiger partial charge in [-0.15, -0.1) is 0 Å². The Morgan fingerprint density at radius 3 is 1.94 bits per heavy atom. The average Bonchev–Trinajstić information content (AvgIpc) is 2.40. The van der Waals surface area contributed by atoms with Gasteiger partial charge >= 0.3 is 0 Å². The molecule has 0 aromatic carbocycles. The van der Waals surface area contributed by atoms with Crippen molar-refractivity contribution >= 4 is 0 Å². The Labute approximate surface area is 115 Å². The smallest absolute Gasteiger partial charge is 0.00189 e. The summed E-state index contributed by atoms with van der Waals surface area (Å²) in [7, 11) is 0. The van der Waals surface area contributed by atoms with Crippen molar-refractivity contribution in [3.05, 3.63) is 0 Å². The third kappa shape index (κ3) is 11.0. The highest BCUT2D eigenvalue weighted by atomic mass is 15.1. The van der Waals surface area contributed by atoms with Crippen molar-refractivity contribution in [1.82, 2.24) is 4.90 Å². The van der Waals surface area contributed by atoms with E-state index in [9.17, 15) is 0 Å². The SMILES string of the molecule is CCCCCCCCCCN(CC)CC(C)CN. The lowest BCUT2D eigenvalue weighted by atomic mass is 10.1. The normalized spacial score (nSPS) is 13.2. The maximum atomic E-state index is 5.68. The maximum absolute atomic E-state index is 5.68. The van der Waals surface area contributed by atoms with Gasteiger partial charge in [-0.25, -0.2) is 0 Å². The lowest BCUT2D eigenvalue weighted by Crippen LogP contribution is -2.32. The van der Waals surface area contributed by atoms with Crippen LogP contribution in [0.2, 0.25) is 0 Å². The monoisotopic (exact) mass is 256 g/mol. The van der Waals surface area contributed by atoms with E-state index in [-0.39, 0.29) is 0 Å². The largest absolute Gasteiger partial charge is 0.330 e. The van der Waals surface area contributed by atoms with E-state index >= 15 is 0 Å². The summed E-state index contributed by atoms with van der Waals surface area (Å²) in [5, 5.41) is 0. The molecule has 0 aromatic rings. The van der Waals surface area contributed by atoms with E-state index in [2.05, 4.69) is 25.7 Å². The summed E-state index contributed by atoms with van der Waals surface area (Å²) in [6.45, 7) is 11.2. The van der Waals surface area contributed by atoms with Gasteiger partial charge in [-0.2, -0.15) is 0 Å². The maximum Gasteiger partial charge on any atom is 0.00189 e. The van der Waals surface area contributed by atoms with Crippen molar-refractivity contribution in [1.29, 1.82) is 0 Å². The van der Waals surface area contributed by atoms with Crippen LogP contribution in [0.3, 0.4) is 0 Å². The lowest BCUT2D eigenvalue weighted by molar-refractivity contribution is 0.245. The molecule has 0 saturated heterocycles. The zero-order chi connectivity index (χ0) is 13.6. The molecule has 0 amide bonds. The fourth-order valence-corrected chi connectivity index (χ4v) is 2.36. The van der Waals surface area contributed by atoms with Gasteiger partial charge in [0.1, 0.15) is 0 Å². The number of hydrogen-bond donors (Lipinski definition) is 1. The van der Waals surface area contributed by atoms with E-state index in [0.717, 1.165) is 6.54 Å². The van der Waals surface area contributed by atoms with Crippen LogP contribution in [0, 0.1) is 5.92 Å². The summed E-state index contributed by atoms with van der Waals surface area (Å²) in [6.07, 6.45) is 11.3. The third-order valence-electron chi connectivity index (χ3n) is 3.75. The number of nitrogens with two attached hydrogens (primary N) is 1. The van der Waals surface area contributed by atoms with Gasteiger partial charge < -0.3 is 10.6 Å². The van der Waals surface area contributed by atoms with Gasteiger partial charge in [-0.3, -0.25) is 0 Å². The van der Waals surface area contributed by atoms with Gasteiger partial charge in [0.05, 0.1) is 0 Å². The molecule has 0 aliphatic carbocycles. The molecule has 0 fully saturated rings. The van der Waals surface area contributed by atoms with Crippen molar-refractivity contribution in [3.8, 4) is 0 Å². The zero-order valence-electron chi connectivity index (χ0n) is 13.1. The fourth-order valence-electron chi connectivity index (χ4n) is 2.36. The number of nitrogens with zero attached hydrogens (tertiary/aromatic N) is 1. The van der Waals surface area contributed by atoms with E-state index in [1.54, 1.807) is 0 Å². The van der Waals surface area contributed by atoms with Crippen LogP contribution in [0.25, 0.3) is 0 Å². The van der Waals surface area contributed by atoms with E-state index < -0.39 is 0 Å². The molecule has 0 aliphatic heterocycles. The number of rotatable bonds is 13. The van der Waals surface area contributed by atoms with Crippen LogP contribution in [0.1, 0.15) is 72.1 Å². The van der Waals surface area contributed by atoms with E-state index in [0.29, 0.717) is 5.92 Å². The molecule has 0 bridgehead atoms. The fraction of sp³-hybridized carbons (Fsp3) is 1.00. The summed E-state index contributed by atoms with van der Waals surface area (Å²) in [4.78, 5) is 2.55. The molecular weight excluding hydrogens is 220 g/mol. The first kappa shape index (κ1) is 17.9. The Morgan fingerprint density at radius 2 is 1.44 bits per heavy atom. The topological polar surface area (TPSA) is 29.3 Å². The Hall–Kier alpha value is -0.0800. The highest BCUT2D eigenvalue weighted by Crippen LogP contribution is 2.09. The molecule has 18 heavy (non-hydrogen) atoms. The van der Waals surface area contributed by atoms with Gasteiger partial charge in [0.25, 0.3) is 0 Å².